The molecule has 128 valence electrons. The van der Waals surface area contributed by atoms with Crippen LogP contribution in [0.25, 0.3) is 5.69 Å². The molecule has 8 nitrogen and oxygen atoms in total. The number of nitrogens with one attached hydrogen (secondary N) is 2. The van der Waals surface area contributed by atoms with Gasteiger partial charge in [-0.3, -0.25) is 9.78 Å². The summed E-state index contributed by atoms with van der Waals surface area (Å²) < 4.78 is 1.57. The summed E-state index contributed by atoms with van der Waals surface area (Å²) in [7, 11) is 0. The molecular weight excluding hydrogens is 365 g/mol. The lowest BCUT2D eigenvalue weighted by atomic mass is 10.3. The molecule has 25 heavy (non-hydrogen) atoms. The van der Waals surface area contributed by atoms with E-state index in [9.17, 15) is 4.79 Å². The molecule has 2 aromatic heterocycles. The lowest BCUT2D eigenvalue weighted by Crippen LogP contribution is -2.15. The van der Waals surface area contributed by atoms with Gasteiger partial charge in [-0.05, 0) is 32.0 Å². The van der Waals surface area contributed by atoms with Gasteiger partial charge in [-0.2, -0.15) is 10.2 Å². The number of aryl methyl sites for hydroxylation is 2. The number of hydrogen-bond donors (Lipinski definition) is 2. The Morgan fingerprint density at radius 2 is 2.04 bits per heavy atom. The molecule has 0 aliphatic carbocycles. The quantitative estimate of drug-likeness (QED) is 0.537. The molecule has 0 amide bonds. The normalized spacial score (nSPS) is 11.2. The first-order chi connectivity index (χ1) is 12.0. The van der Waals surface area contributed by atoms with Gasteiger partial charge in [0, 0.05) is 5.02 Å². The van der Waals surface area contributed by atoms with Crippen LogP contribution in [0.3, 0.4) is 0 Å². The maximum Gasteiger partial charge on any atom is 0.274 e. The third kappa shape index (κ3) is 3.70. The summed E-state index contributed by atoms with van der Waals surface area (Å²) in [6.45, 7) is 3.37. The molecule has 10 heteroatoms. The molecule has 3 aromatic rings. The van der Waals surface area contributed by atoms with Gasteiger partial charge >= 0.3 is 0 Å². The highest BCUT2D eigenvalue weighted by atomic mass is 35.5. The van der Waals surface area contributed by atoms with E-state index in [0.29, 0.717) is 21.4 Å². The molecule has 0 spiro atoms. The first kappa shape index (κ1) is 17.1. The summed E-state index contributed by atoms with van der Waals surface area (Å²) in [4.78, 5) is 14.0. The summed E-state index contributed by atoms with van der Waals surface area (Å²) in [6, 6.07) is 7.18. The van der Waals surface area contributed by atoms with Crippen molar-refractivity contribution in [3.05, 3.63) is 61.7 Å². The summed E-state index contributed by atoms with van der Waals surface area (Å²) in [6.07, 6.45) is 1.49. The van der Waals surface area contributed by atoms with E-state index in [2.05, 4.69) is 30.8 Å². The maximum atomic E-state index is 11.5. The highest BCUT2D eigenvalue weighted by molar-refractivity contribution is 6.32. The third-order valence-corrected chi connectivity index (χ3v) is 3.92. The number of halogens is 2. The van der Waals surface area contributed by atoms with Crippen LogP contribution < -0.4 is 11.0 Å². The van der Waals surface area contributed by atoms with E-state index in [0.717, 1.165) is 5.69 Å². The van der Waals surface area contributed by atoms with Crippen molar-refractivity contribution in [3.8, 4) is 5.69 Å². The average molecular weight is 378 g/mol. The number of H-pyrrole nitrogens is 1. The highest BCUT2D eigenvalue weighted by Gasteiger charge is 2.13. The summed E-state index contributed by atoms with van der Waals surface area (Å²) in [5.41, 5.74) is 4.57. The monoisotopic (exact) mass is 377 g/mol. The second kappa shape index (κ2) is 7.04. The Morgan fingerprint density at radius 1 is 1.24 bits per heavy atom. The fourth-order valence-electron chi connectivity index (χ4n) is 2.04. The molecule has 0 fully saturated rings. The van der Waals surface area contributed by atoms with Gasteiger partial charge in [0.1, 0.15) is 10.8 Å². The van der Waals surface area contributed by atoms with Gasteiger partial charge < -0.3 is 0 Å². The molecule has 2 heterocycles. The predicted octanol–water partition coefficient (Wildman–Crippen LogP) is 2.72. The SMILES string of the molecule is Cc1nn(-c2cccc(Cl)c2)c(Cl)c1C=NNc1nnc(C)c(=O)[nH]1. The maximum absolute atomic E-state index is 11.5. The van der Waals surface area contributed by atoms with Crippen molar-refractivity contribution in [1.29, 1.82) is 0 Å². The Morgan fingerprint density at radius 3 is 2.76 bits per heavy atom. The minimum Gasteiger partial charge on any atom is -0.288 e. The first-order valence-electron chi connectivity index (χ1n) is 7.19. The van der Waals surface area contributed by atoms with Gasteiger partial charge in [-0.25, -0.2) is 10.1 Å². The van der Waals surface area contributed by atoms with Crippen LogP contribution in [-0.2, 0) is 0 Å². The summed E-state index contributed by atoms with van der Waals surface area (Å²) in [5.74, 6) is 0.128. The molecule has 0 bridgehead atoms. The van der Waals surface area contributed by atoms with Crippen LogP contribution in [0.2, 0.25) is 10.2 Å². The number of anilines is 1. The van der Waals surface area contributed by atoms with Crippen LogP contribution >= 0.6 is 23.2 Å². The zero-order chi connectivity index (χ0) is 18.0. The minimum absolute atomic E-state index is 0.128. The van der Waals surface area contributed by atoms with Gasteiger partial charge in [0.2, 0.25) is 5.95 Å². The molecule has 0 saturated carbocycles. The van der Waals surface area contributed by atoms with Crippen LogP contribution in [0.15, 0.2) is 34.2 Å². The topological polar surface area (TPSA) is 101 Å². The smallest absolute Gasteiger partial charge is 0.274 e. The molecule has 0 aliphatic rings. The fourth-order valence-corrected chi connectivity index (χ4v) is 2.54. The second-order valence-electron chi connectivity index (χ2n) is 5.14. The van der Waals surface area contributed by atoms with E-state index in [1.165, 1.54) is 6.21 Å². The van der Waals surface area contributed by atoms with E-state index in [-0.39, 0.29) is 17.2 Å². The van der Waals surface area contributed by atoms with Crippen LogP contribution in [0.5, 0.6) is 0 Å². The minimum atomic E-state index is -0.337. The molecule has 0 radical (unpaired) electrons. The van der Waals surface area contributed by atoms with Crippen LogP contribution in [0, 0.1) is 13.8 Å². The van der Waals surface area contributed by atoms with Gasteiger partial charge in [-0.15, -0.1) is 10.2 Å². The molecule has 2 N–H and O–H groups in total. The van der Waals surface area contributed by atoms with E-state index in [4.69, 9.17) is 23.2 Å². The number of aromatic nitrogens is 5. The molecule has 1 aromatic carbocycles. The number of nitrogens with zero attached hydrogens (tertiary/aromatic N) is 5. The van der Waals surface area contributed by atoms with Crippen molar-refractivity contribution in [2.75, 3.05) is 5.43 Å². The Hall–Kier alpha value is -2.71. The predicted molar refractivity (Wildman–Crippen MR) is 96.9 cm³/mol. The lowest BCUT2D eigenvalue weighted by molar-refractivity contribution is 0.863. The van der Waals surface area contributed by atoms with Gasteiger partial charge in [-0.1, -0.05) is 29.3 Å². The van der Waals surface area contributed by atoms with E-state index >= 15 is 0 Å². The number of aromatic amines is 1. The zero-order valence-electron chi connectivity index (χ0n) is 13.3. The molecule has 0 unspecified atom stereocenters. The highest BCUT2D eigenvalue weighted by Crippen LogP contribution is 2.23. The Balaban J connectivity index is 1.85. The molecule has 0 saturated heterocycles. The number of hydrogen-bond acceptors (Lipinski definition) is 6. The van der Waals surface area contributed by atoms with Crippen molar-refractivity contribution in [3.63, 3.8) is 0 Å². The summed E-state index contributed by atoms with van der Waals surface area (Å²) >= 11 is 12.4. The molecule has 3 rings (SSSR count). The fraction of sp³-hybridized carbons (Fsp3) is 0.133. The van der Waals surface area contributed by atoms with E-state index in [1.54, 1.807) is 23.7 Å². The van der Waals surface area contributed by atoms with Crippen LogP contribution in [0.4, 0.5) is 5.95 Å². The van der Waals surface area contributed by atoms with E-state index < -0.39 is 0 Å². The zero-order valence-corrected chi connectivity index (χ0v) is 14.8. The third-order valence-electron chi connectivity index (χ3n) is 3.33. The molecular formula is C15H13Cl2N7O. The van der Waals surface area contributed by atoms with Crippen molar-refractivity contribution < 1.29 is 0 Å². The van der Waals surface area contributed by atoms with Crippen molar-refractivity contribution >= 4 is 35.4 Å². The number of hydrazone groups is 1. The first-order valence-corrected chi connectivity index (χ1v) is 7.95. The van der Waals surface area contributed by atoms with Gasteiger partial charge in [0.05, 0.1) is 23.2 Å². The largest absolute Gasteiger partial charge is 0.288 e. The van der Waals surface area contributed by atoms with E-state index in [1.807, 2.05) is 19.1 Å². The average Bonchev–Trinajstić information content (AvgIpc) is 2.86. The second-order valence-corrected chi connectivity index (χ2v) is 5.93. The standard InChI is InChI=1S/C15H13Cl2N7O/c1-8-12(7-18-21-15-19-14(25)9(2)20-22-15)13(17)24(23-8)11-5-3-4-10(16)6-11/h3-7H,1-2H3,(H2,19,21,22,25). The van der Waals surface area contributed by atoms with Gasteiger partial charge in [0.25, 0.3) is 5.56 Å². The van der Waals surface area contributed by atoms with Crippen molar-refractivity contribution in [1.82, 2.24) is 25.0 Å². The lowest BCUT2D eigenvalue weighted by Gasteiger charge is -2.03. The van der Waals surface area contributed by atoms with Gasteiger partial charge in [0.15, 0.2) is 0 Å². The Labute approximate surface area is 152 Å². The number of rotatable bonds is 4. The summed E-state index contributed by atoms with van der Waals surface area (Å²) in [5, 5.41) is 16.9. The molecule has 0 aliphatic heterocycles. The van der Waals surface area contributed by atoms with Crippen molar-refractivity contribution in [2.45, 2.75) is 13.8 Å². The Kier molecular flexibility index (Phi) is 4.82. The van der Waals surface area contributed by atoms with Crippen molar-refractivity contribution in [2.24, 2.45) is 5.10 Å². The Bertz CT molecular complexity index is 1010. The van der Waals surface area contributed by atoms with Crippen LogP contribution in [-0.4, -0.2) is 31.2 Å². The van der Waals surface area contributed by atoms with Crippen LogP contribution in [0.1, 0.15) is 17.0 Å². The number of benzene rings is 1. The molecule has 0 atom stereocenters.